The van der Waals surface area contributed by atoms with E-state index in [1.165, 1.54) is 10.9 Å². The molecular formula is C17H16N4O4. The predicted molar refractivity (Wildman–Crippen MR) is 88.1 cm³/mol. The van der Waals surface area contributed by atoms with Crippen molar-refractivity contribution in [2.75, 3.05) is 13.1 Å². The van der Waals surface area contributed by atoms with Gasteiger partial charge in [0.15, 0.2) is 5.58 Å². The molecule has 1 aliphatic heterocycles. The topological polar surface area (TPSA) is 90.5 Å². The lowest BCUT2D eigenvalue weighted by Gasteiger charge is -2.17. The molecule has 0 saturated carbocycles. The van der Waals surface area contributed by atoms with Gasteiger partial charge in [0.05, 0.1) is 12.1 Å². The standard InChI is InChI=1S/C17H16N4O4/c22-16(10-21-13-3-1-2-4-14(13)25-17(21)23)20-8-6-12(9-20)24-15-5-7-18-11-19-15/h1-5,7,11-12H,6,8-10H2. The van der Waals surface area contributed by atoms with Gasteiger partial charge in [-0.2, -0.15) is 0 Å². The number of rotatable bonds is 4. The van der Waals surface area contributed by atoms with Crippen LogP contribution in [0.3, 0.4) is 0 Å². The van der Waals surface area contributed by atoms with Crippen LogP contribution in [0.2, 0.25) is 0 Å². The molecule has 25 heavy (non-hydrogen) atoms. The molecule has 3 aromatic rings. The summed E-state index contributed by atoms with van der Waals surface area (Å²) in [5.74, 6) is -0.170. The SMILES string of the molecule is O=C(Cn1c(=O)oc2ccccc21)N1CCC(Oc2ccncn2)C1. The molecule has 128 valence electrons. The van der Waals surface area contributed by atoms with E-state index in [0.717, 1.165) is 6.42 Å². The molecule has 1 aliphatic rings. The summed E-state index contributed by atoms with van der Waals surface area (Å²) in [5.41, 5.74) is 1.10. The van der Waals surface area contributed by atoms with E-state index in [1.807, 2.05) is 0 Å². The highest BCUT2D eigenvalue weighted by Gasteiger charge is 2.28. The fourth-order valence-corrected chi connectivity index (χ4v) is 2.97. The maximum Gasteiger partial charge on any atom is 0.420 e. The van der Waals surface area contributed by atoms with Crippen molar-refractivity contribution >= 4 is 17.0 Å². The van der Waals surface area contributed by atoms with Gasteiger partial charge in [0.1, 0.15) is 19.0 Å². The van der Waals surface area contributed by atoms with Crippen LogP contribution in [0.15, 0.2) is 52.1 Å². The average molecular weight is 340 g/mol. The van der Waals surface area contributed by atoms with Crippen LogP contribution < -0.4 is 10.5 Å². The van der Waals surface area contributed by atoms with E-state index < -0.39 is 5.76 Å². The Hall–Kier alpha value is -3.16. The van der Waals surface area contributed by atoms with Gasteiger partial charge in [-0.05, 0) is 12.1 Å². The van der Waals surface area contributed by atoms with Gasteiger partial charge in [0.25, 0.3) is 0 Å². The largest absolute Gasteiger partial charge is 0.472 e. The van der Waals surface area contributed by atoms with Crippen LogP contribution in [0.25, 0.3) is 11.1 Å². The lowest BCUT2D eigenvalue weighted by atomic mass is 10.3. The van der Waals surface area contributed by atoms with Crippen molar-refractivity contribution in [3.05, 3.63) is 53.4 Å². The van der Waals surface area contributed by atoms with Gasteiger partial charge in [0.2, 0.25) is 11.8 Å². The van der Waals surface area contributed by atoms with Crippen molar-refractivity contribution in [3.8, 4) is 5.88 Å². The monoisotopic (exact) mass is 340 g/mol. The van der Waals surface area contributed by atoms with E-state index in [4.69, 9.17) is 9.15 Å². The quantitative estimate of drug-likeness (QED) is 0.705. The van der Waals surface area contributed by atoms with Crippen molar-refractivity contribution in [2.24, 2.45) is 0 Å². The van der Waals surface area contributed by atoms with Crippen molar-refractivity contribution < 1.29 is 13.9 Å². The number of likely N-dealkylation sites (tertiary alicyclic amines) is 1. The third-order valence-electron chi connectivity index (χ3n) is 4.21. The van der Waals surface area contributed by atoms with Gasteiger partial charge < -0.3 is 14.1 Å². The first kappa shape index (κ1) is 15.4. The van der Waals surface area contributed by atoms with E-state index in [-0.39, 0.29) is 18.6 Å². The summed E-state index contributed by atoms with van der Waals surface area (Å²) >= 11 is 0. The van der Waals surface area contributed by atoms with E-state index in [0.29, 0.717) is 30.1 Å². The molecule has 0 radical (unpaired) electrons. The van der Waals surface area contributed by atoms with Crippen LogP contribution in [-0.2, 0) is 11.3 Å². The van der Waals surface area contributed by atoms with Crippen molar-refractivity contribution in [3.63, 3.8) is 0 Å². The smallest absolute Gasteiger partial charge is 0.420 e. The second kappa shape index (κ2) is 6.39. The molecule has 1 aromatic carbocycles. The summed E-state index contributed by atoms with van der Waals surface area (Å²) in [6.07, 6.45) is 3.63. The number of nitrogens with zero attached hydrogens (tertiary/aromatic N) is 4. The highest BCUT2D eigenvalue weighted by molar-refractivity contribution is 5.79. The number of oxazole rings is 1. The summed E-state index contributed by atoms with van der Waals surface area (Å²) in [4.78, 5) is 34.1. The Morgan fingerprint density at radius 2 is 2.20 bits per heavy atom. The number of benzene rings is 1. The first-order valence-corrected chi connectivity index (χ1v) is 7.99. The van der Waals surface area contributed by atoms with Crippen LogP contribution in [0.4, 0.5) is 0 Å². The minimum atomic E-state index is -0.525. The lowest BCUT2D eigenvalue weighted by Crippen LogP contribution is -2.35. The molecule has 3 heterocycles. The predicted octanol–water partition coefficient (Wildman–Crippen LogP) is 1.06. The summed E-state index contributed by atoms with van der Waals surface area (Å²) in [6.45, 7) is 1.00. The molecule has 4 rings (SSSR count). The Kier molecular flexibility index (Phi) is 3.93. The number of hydrogen-bond acceptors (Lipinski definition) is 6. The van der Waals surface area contributed by atoms with Crippen LogP contribution in [-0.4, -0.2) is 44.5 Å². The molecule has 1 saturated heterocycles. The normalized spacial score (nSPS) is 17.1. The number of fused-ring (bicyclic) bond motifs is 1. The Balaban J connectivity index is 1.43. The Bertz CT molecular complexity index is 950. The fraction of sp³-hybridized carbons (Fsp3) is 0.294. The molecule has 1 unspecified atom stereocenters. The molecule has 0 spiro atoms. The zero-order valence-electron chi connectivity index (χ0n) is 13.4. The third-order valence-corrected chi connectivity index (χ3v) is 4.21. The summed E-state index contributed by atoms with van der Waals surface area (Å²) in [6, 6.07) is 8.74. The van der Waals surface area contributed by atoms with Crippen molar-refractivity contribution in [1.82, 2.24) is 19.4 Å². The average Bonchev–Trinajstić information content (AvgIpc) is 3.21. The van der Waals surface area contributed by atoms with Gasteiger partial charge in [-0.15, -0.1) is 0 Å². The van der Waals surface area contributed by atoms with Gasteiger partial charge in [-0.1, -0.05) is 12.1 Å². The number of carbonyl (C=O) groups excluding carboxylic acids is 1. The molecule has 1 fully saturated rings. The van der Waals surface area contributed by atoms with Crippen LogP contribution in [0.5, 0.6) is 5.88 Å². The molecule has 0 bridgehead atoms. The zero-order chi connectivity index (χ0) is 17.2. The molecule has 0 aliphatic carbocycles. The fourth-order valence-electron chi connectivity index (χ4n) is 2.97. The molecule has 8 heteroatoms. The minimum Gasteiger partial charge on any atom is -0.472 e. The number of ether oxygens (including phenoxy) is 1. The van der Waals surface area contributed by atoms with Gasteiger partial charge >= 0.3 is 5.76 Å². The maximum atomic E-state index is 12.5. The summed E-state index contributed by atoms with van der Waals surface area (Å²) < 4.78 is 12.3. The van der Waals surface area contributed by atoms with E-state index in [1.54, 1.807) is 41.4 Å². The van der Waals surface area contributed by atoms with Crippen LogP contribution >= 0.6 is 0 Å². The lowest BCUT2D eigenvalue weighted by molar-refractivity contribution is -0.131. The van der Waals surface area contributed by atoms with Gasteiger partial charge in [-0.3, -0.25) is 9.36 Å². The molecule has 1 atom stereocenters. The molecule has 1 amide bonds. The Morgan fingerprint density at radius 1 is 1.32 bits per heavy atom. The van der Waals surface area contributed by atoms with Crippen LogP contribution in [0.1, 0.15) is 6.42 Å². The van der Waals surface area contributed by atoms with Crippen molar-refractivity contribution in [1.29, 1.82) is 0 Å². The second-order valence-electron chi connectivity index (χ2n) is 5.84. The van der Waals surface area contributed by atoms with Crippen molar-refractivity contribution in [2.45, 2.75) is 19.1 Å². The van der Waals surface area contributed by atoms with E-state index in [2.05, 4.69) is 9.97 Å². The molecule has 2 aromatic heterocycles. The molecular weight excluding hydrogens is 324 g/mol. The van der Waals surface area contributed by atoms with Crippen LogP contribution in [0, 0.1) is 0 Å². The minimum absolute atomic E-state index is 0.0456. The number of carbonyl (C=O) groups is 1. The summed E-state index contributed by atoms with van der Waals surface area (Å²) in [5, 5.41) is 0. The number of amides is 1. The third kappa shape index (κ3) is 3.10. The number of hydrogen-bond donors (Lipinski definition) is 0. The maximum absolute atomic E-state index is 12.5. The highest BCUT2D eigenvalue weighted by atomic mass is 16.5. The highest BCUT2D eigenvalue weighted by Crippen LogP contribution is 2.17. The second-order valence-corrected chi connectivity index (χ2v) is 5.84. The Labute approximate surface area is 142 Å². The summed E-state index contributed by atoms with van der Waals surface area (Å²) in [7, 11) is 0. The molecule has 0 N–H and O–H groups in total. The number of para-hydroxylation sites is 2. The number of aromatic nitrogens is 3. The first-order valence-electron chi connectivity index (χ1n) is 7.99. The molecule has 8 nitrogen and oxygen atoms in total. The van der Waals surface area contributed by atoms with Gasteiger partial charge in [-0.25, -0.2) is 14.8 Å². The van der Waals surface area contributed by atoms with E-state index in [9.17, 15) is 9.59 Å². The Morgan fingerprint density at radius 3 is 3.04 bits per heavy atom. The van der Waals surface area contributed by atoms with Gasteiger partial charge in [0, 0.05) is 25.2 Å². The van der Waals surface area contributed by atoms with E-state index >= 15 is 0 Å². The first-order chi connectivity index (χ1) is 12.2. The zero-order valence-corrected chi connectivity index (χ0v) is 13.4.